The fourth-order valence-electron chi connectivity index (χ4n) is 9.24. The normalized spacial score (nSPS) is 12.9. The summed E-state index contributed by atoms with van der Waals surface area (Å²) in [5.74, 6) is 1.77. The SMILES string of the molecule is [2H]c1c([2H])c([2H])c(-c2cccc(-c3cc(C(C)(C)C)cc(C(C)(C)C)c3)c2-[n+]2[c-]n(-c3[c-]c(Oc4[c-]c5c(cc4)c4cc(-c6ccccc6)ccc4n5-c4cc(CC)ccn4)ccc3)c3ccccc32)c([2H])c1[2H].[Pt]. The first-order valence-corrected chi connectivity index (χ1v) is 23.5. The van der Waals surface area contributed by atoms with Gasteiger partial charge in [-0.1, -0.05) is 187 Å². The van der Waals surface area contributed by atoms with E-state index in [4.69, 9.17) is 13.8 Å². The van der Waals surface area contributed by atoms with Crippen molar-refractivity contribution >= 4 is 32.8 Å². The first-order valence-electron chi connectivity index (χ1n) is 26.0. The summed E-state index contributed by atoms with van der Waals surface area (Å²) < 4.78 is 57.1. The van der Waals surface area contributed by atoms with Crippen molar-refractivity contribution in [1.82, 2.24) is 14.1 Å². The van der Waals surface area contributed by atoms with Gasteiger partial charge in [0, 0.05) is 44.3 Å². The van der Waals surface area contributed by atoms with E-state index in [9.17, 15) is 2.74 Å². The number of imidazole rings is 1. The summed E-state index contributed by atoms with van der Waals surface area (Å²) in [5, 5.41) is 2.10. The number of rotatable bonds is 9. The molecule has 11 rings (SSSR count). The summed E-state index contributed by atoms with van der Waals surface area (Å²) in [6.45, 7) is 15.4. The van der Waals surface area contributed by atoms with Gasteiger partial charge in [0.2, 0.25) is 0 Å². The van der Waals surface area contributed by atoms with Gasteiger partial charge >= 0.3 is 0 Å². The molecule has 0 aliphatic carbocycles. The van der Waals surface area contributed by atoms with Crippen LogP contribution in [0.2, 0.25) is 0 Å². The number of nitrogens with zero attached hydrogens (tertiary/aromatic N) is 4. The number of hydrogen-bond donors (Lipinski definition) is 0. The molecule has 5 nitrogen and oxygen atoms in total. The van der Waals surface area contributed by atoms with Crippen LogP contribution in [0.1, 0.15) is 72.0 Å². The first kappa shape index (κ1) is 40.5. The smallest absolute Gasteiger partial charge is 0.268 e. The number of aromatic nitrogens is 4. The second-order valence-electron chi connectivity index (χ2n) is 19.7. The van der Waals surface area contributed by atoms with Crippen molar-refractivity contribution in [2.45, 2.75) is 65.7 Å². The summed E-state index contributed by atoms with van der Waals surface area (Å²) in [5.41, 5.74) is 12.4. The van der Waals surface area contributed by atoms with Gasteiger partial charge < -0.3 is 13.9 Å². The average molecular weight is 1100 g/mol. The third kappa shape index (κ3) is 8.69. The maximum absolute atomic E-state index is 9.22. The number of benzene rings is 8. The number of fused-ring (bicyclic) bond motifs is 4. The van der Waals surface area contributed by atoms with Gasteiger partial charge in [-0.3, -0.25) is 4.57 Å². The molecule has 0 unspecified atom stereocenters. The molecule has 0 aliphatic heterocycles. The largest absolute Gasteiger partial charge is 0.510 e. The van der Waals surface area contributed by atoms with Crippen molar-refractivity contribution in [2.24, 2.45) is 0 Å². The summed E-state index contributed by atoms with van der Waals surface area (Å²) >= 11 is 0. The van der Waals surface area contributed by atoms with E-state index in [1.165, 1.54) is 5.56 Å². The zero-order valence-corrected chi connectivity index (χ0v) is 42.5. The van der Waals surface area contributed by atoms with Crippen LogP contribution in [-0.4, -0.2) is 14.1 Å². The number of para-hydroxylation sites is 3. The van der Waals surface area contributed by atoms with Crippen LogP contribution in [0.25, 0.3) is 83.4 Å². The van der Waals surface area contributed by atoms with Gasteiger partial charge in [-0.2, -0.15) is 18.2 Å². The molecule has 3 aromatic heterocycles. The predicted octanol–water partition coefficient (Wildman–Crippen LogP) is 15.7. The van der Waals surface area contributed by atoms with Gasteiger partial charge in [0.05, 0.1) is 23.6 Å². The quantitative estimate of drug-likeness (QED) is 0.107. The van der Waals surface area contributed by atoms with Crippen molar-refractivity contribution < 1.29 is 37.2 Å². The molecule has 0 radical (unpaired) electrons. The van der Waals surface area contributed by atoms with Crippen LogP contribution in [0, 0.1) is 18.5 Å². The molecular weight excluding hydrogens is 1040 g/mol. The molecule has 0 N–H and O–H groups in total. The van der Waals surface area contributed by atoms with Crippen LogP contribution in [-0.2, 0) is 38.3 Å². The molecule has 0 bridgehead atoms. The Morgan fingerprint density at radius 2 is 1.30 bits per heavy atom. The molecule has 0 amide bonds. The van der Waals surface area contributed by atoms with E-state index in [1.54, 1.807) is 0 Å². The van der Waals surface area contributed by atoms with Crippen molar-refractivity contribution in [1.29, 1.82) is 0 Å². The van der Waals surface area contributed by atoms with Gasteiger partial charge in [0.25, 0.3) is 6.33 Å². The fraction of sp³-hybridized carbons (Fsp3) is 0.156. The summed E-state index contributed by atoms with van der Waals surface area (Å²) in [4.78, 5) is 4.85. The van der Waals surface area contributed by atoms with E-state index in [0.29, 0.717) is 28.4 Å². The van der Waals surface area contributed by atoms with Crippen LogP contribution < -0.4 is 9.30 Å². The van der Waals surface area contributed by atoms with Crippen molar-refractivity contribution in [2.75, 3.05) is 0 Å². The number of ether oxygens (including phenoxy) is 1. The molecule has 0 aliphatic rings. The Morgan fingerprint density at radius 3 is 2.04 bits per heavy atom. The molecule has 3 heterocycles. The van der Waals surface area contributed by atoms with Gasteiger partial charge in [0.15, 0.2) is 0 Å². The number of hydrogen-bond acceptors (Lipinski definition) is 2. The molecule has 0 saturated carbocycles. The third-order valence-corrected chi connectivity index (χ3v) is 13.0. The molecule has 11 aromatic rings. The Bertz CT molecular complexity index is 3960. The summed E-state index contributed by atoms with van der Waals surface area (Å²) in [6.07, 6.45) is 6.40. The minimum atomic E-state index is -0.446. The molecule has 0 atom stereocenters. The van der Waals surface area contributed by atoms with E-state index < -0.39 is 18.1 Å². The van der Waals surface area contributed by atoms with Gasteiger partial charge in [0.1, 0.15) is 5.82 Å². The van der Waals surface area contributed by atoms with Gasteiger partial charge in [-0.15, -0.1) is 29.7 Å². The molecule has 0 spiro atoms. The minimum Gasteiger partial charge on any atom is -0.510 e. The maximum Gasteiger partial charge on any atom is 0.268 e. The Kier molecular flexibility index (Phi) is 10.7. The molecule has 0 saturated heterocycles. The summed E-state index contributed by atoms with van der Waals surface area (Å²) in [7, 11) is 0. The molecule has 0 fully saturated rings. The standard InChI is InChI=1S/C64H54N4O.Pt/c1-8-43-33-34-65-61(35-43)68-57-32-29-46(44-19-11-9-12-20-44)38-56(57)55-31-30-52(41-60(55)68)69-51-24-17-23-50(40-51)66-42-67(59-28-16-15-27-58(59)66)62-53(45-21-13-10-14-22-45)25-18-26-54(62)47-36-48(63(2,3)4)39-49(37-47)64(5,6)7;/h9-39H,8H2,1-7H3;/q-2;/i10D,13D,14D,21D,22D;. The Hall–Kier alpha value is -7.33. The maximum atomic E-state index is 9.22. The molecule has 6 heteroatoms. The number of aryl methyl sites for hydroxylation is 1. The third-order valence-electron chi connectivity index (χ3n) is 13.0. The summed E-state index contributed by atoms with van der Waals surface area (Å²) in [6, 6.07) is 56.7. The van der Waals surface area contributed by atoms with Crippen molar-refractivity contribution in [3.63, 3.8) is 0 Å². The Morgan fingerprint density at radius 1 is 0.600 bits per heavy atom. The van der Waals surface area contributed by atoms with Gasteiger partial charge in [-0.05, 0) is 96.6 Å². The van der Waals surface area contributed by atoms with E-state index >= 15 is 0 Å². The van der Waals surface area contributed by atoms with E-state index in [2.05, 4.69) is 144 Å². The zero-order chi connectivity index (χ0) is 51.8. The fourth-order valence-corrected chi connectivity index (χ4v) is 9.24. The van der Waals surface area contributed by atoms with Crippen LogP contribution in [0.5, 0.6) is 11.5 Å². The number of pyridine rings is 1. The average Bonchev–Trinajstić information content (AvgIpc) is 4.01. The Balaban J connectivity index is 0.00000641. The van der Waals surface area contributed by atoms with E-state index in [-0.39, 0.29) is 49.5 Å². The second kappa shape index (κ2) is 18.5. The molecular formula is C64H54N4OPt-2. The topological polar surface area (TPSA) is 35.9 Å². The van der Waals surface area contributed by atoms with E-state index in [1.807, 2.05) is 94.2 Å². The zero-order valence-electron chi connectivity index (χ0n) is 45.2. The van der Waals surface area contributed by atoms with Crippen molar-refractivity contribution in [3.8, 4) is 62.1 Å². The van der Waals surface area contributed by atoms with Crippen LogP contribution >= 0.6 is 0 Å². The van der Waals surface area contributed by atoms with Gasteiger partial charge in [-0.25, -0.2) is 4.98 Å². The molecule has 70 heavy (non-hydrogen) atoms. The minimum absolute atomic E-state index is 0. The van der Waals surface area contributed by atoms with Crippen molar-refractivity contribution in [3.05, 3.63) is 223 Å². The molecule has 8 aromatic carbocycles. The van der Waals surface area contributed by atoms with Crippen LogP contribution in [0.4, 0.5) is 0 Å². The monoisotopic (exact) mass is 1090 g/mol. The Labute approximate surface area is 433 Å². The van der Waals surface area contributed by atoms with E-state index in [0.717, 1.165) is 78.5 Å². The predicted molar refractivity (Wildman–Crippen MR) is 283 cm³/mol. The van der Waals surface area contributed by atoms with Crippen LogP contribution in [0.15, 0.2) is 188 Å². The first-order chi connectivity index (χ1) is 35.5. The van der Waals surface area contributed by atoms with Crippen LogP contribution in [0.3, 0.4) is 0 Å². The second-order valence-corrected chi connectivity index (χ2v) is 19.7. The molecule has 348 valence electrons.